The Hall–Kier alpha value is -1.99. The van der Waals surface area contributed by atoms with Crippen molar-refractivity contribution in [3.8, 4) is 11.5 Å². The van der Waals surface area contributed by atoms with E-state index in [1.54, 1.807) is 18.2 Å². The number of halogens is 1. The van der Waals surface area contributed by atoms with Gasteiger partial charge in [-0.2, -0.15) is 0 Å². The molecule has 1 saturated carbocycles. The second-order valence-electron chi connectivity index (χ2n) is 7.08. The summed E-state index contributed by atoms with van der Waals surface area (Å²) in [5.74, 6) is 1.98. The van der Waals surface area contributed by atoms with Crippen LogP contribution in [0.5, 0.6) is 11.5 Å². The Balaban J connectivity index is 1.26. The predicted octanol–water partition coefficient (Wildman–Crippen LogP) is 3.62. The van der Waals surface area contributed by atoms with Gasteiger partial charge in [0.15, 0.2) is 11.5 Å². The number of nitrogens with one attached hydrogen (secondary N) is 1. The number of aromatic nitrogens is 2. The molecule has 7 nitrogen and oxygen atoms in total. The van der Waals surface area contributed by atoms with E-state index in [-0.39, 0.29) is 12.3 Å². The van der Waals surface area contributed by atoms with E-state index in [0.717, 1.165) is 13.0 Å². The lowest BCUT2D eigenvalue weighted by Gasteiger charge is -2.33. The first kappa shape index (κ1) is 16.2. The predicted molar refractivity (Wildman–Crippen MR) is 95.6 cm³/mol. The molecule has 1 aromatic heterocycles. The van der Waals surface area contributed by atoms with Gasteiger partial charge in [-0.05, 0) is 44.4 Å². The second kappa shape index (κ2) is 6.63. The Labute approximate surface area is 156 Å². The van der Waals surface area contributed by atoms with E-state index >= 15 is 0 Å². The van der Waals surface area contributed by atoms with Crippen LogP contribution in [0.25, 0.3) is 0 Å². The van der Waals surface area contributed by atoms with Gasteiger partial charge in [-0.15, -0.1) is 5.10 Å². The highest BCUT2D eigenvalue weighted by Crippen LogP contribution is 2.39. The minimum absolute atomic E-state index is 0.241. The third-order valence-corrected chi connectivity index (χ3v) is 5.37. The molecule has 1 N–H and O–H groups in total. The highest BCUT2D eigenvalue weighted by atomic mass is 35.5. The van der Waals surface area contributed by atoms with Crippen molar-refractivity contribution in [1.29, 1.82) is 0 Å². The Kier molecular flexibility index (Phi) is 4.13. The van der Waals surface area contributed by atoms with E-state index in [4.69, 9.17) is 25.5 Å². The van der Waals surface area contributed by atoms with E-state index < -0.39 is 0 Å². The van der Waals surface area contributed by atoms with Crippen molar-refractivity contribution in [2.75, 3.05) is 18.5 Å². The topological polar surface area (TPSA) is 72.7 Å². The summed E-state index contributed by atoms with van der Waals surface area (Å²) in [6, 6.07) is 6.61. The standard InChI is InChI=1S/C18H21ClN4O3/c19-11-4-7-14-15(9-11)24-10-16(25-14)20-18-22-21-17(26-18)13-3-1-2-8-23(13)12-5-6-12/h4,7,9,12-13,16H,1-3,5-6,8,10H2,(H,20,22). The lowest BCUT2D eigenvalue weighted by atomic mass is 10.0. The molecule has 3 aliphatic rings. The summed E-state index contributed by atoms with van der Waals surface area (Å²) >= 11 is 5.97. The fourth-order valence-corrected chi connectivity index (χ4v) is 3.91. The molecule has 2 unspecified atom stereocenters. The van der Waals surface area contributed by atoms with E-state index in [1.165, 1.54) is 25.7 Å². The molecule has 1 aromatic carbocycles. The fraction of sp³-hybridized carbons (Fsp3) is 0.556. The Morgan fingerprint density at radius 3 is 2.92 bits per heavy atom. The zero-order valence-corrected chi connectivity index (χ0v) is 15.1. The smallest absolute Gasteiger partial charge is 0.318 e. The number of benzene rings is 1. The molecule has 0 spiro atoms. The maximum absolute atomic E-state index is 5.97. The quantitative estimate of drug-likeness (QED) is 0.873. The van der Waals surface area contributed by atoms with E-state index in [1.807, 2.05) is 0 Å². The third kappa shape index (κ3) is 3.21. The molecule has 1 saturated heterocycles. The number of anilines is 1. The highest BCUT2D eigenvalue weighted by Gasteiger charge is 2.38. The summed E-state index contributed by atoms with van der Waals surface area (Å²) in [4.78, 5) is 2.53. The molecule has 2 aromatic rings. The van der Waals surface area contributed by atoms with Gasteiger partial charge in [0, 0.05) is 17.1 Å². The van der Waals surface area contributed by atoms with Crippen molar-refractivity contribution in [3.63, 3.8) is 0 Å². The maximum atomic E-state index is 5.97. The van der Waals surface area contributed by atoms with Crippen LogP contribution in [0, 0.1) is 0 Å². The highest BCUT2D eigenvalue weighted by molar-refractivity contribution is 6.30. The average Bonchev–Trinajstić information content (AvgIpc) is 3.41. The molecule has 5 rings (SSSR count). The van der Waals surface area contributed by atoms with Crippen molar-refractivity contribution in [1.82, 2.24) is 15.1 Å². The van der Waals surface area contributed by atoms with Gasteiger partial charge >= 0.3 is 6.01 Å². The molecule has 8 heteroatoms. The largest absolute Gasteiger partial charge is 0.484 e. The van der Waals surface area contributed by atoms with Crippen molar-refractivity contribution in [2.24, 2.45) is 0 Å². The normalized spacial score (nSPS) is 25.9. The Morgan fingerprint density at radius 1 is 1.12 bits per heavy atom. The number of hydrogen-bond donors (Lipinski definition) is 1. The van der Waals surface area contributed by atoms with Crippen LogP contribution in [-0.2, 0) is 0 Å². The lowest BCUT2D eigenvalue weighted by Crippen LogP contribution is -2.36. The monoisotopic (exact) mass is 376 g/mol. The molecular weight excluding hydrogens is 356 g/mol. The third-order valence-electron chi connectivity index (χ3n) is 5.14. The zero-order chi connectivity index (χ0) is 17.5. The summed E-state index contributed by atoms with van der Waals surface area (Å²) < 4.78 is 17.5. The fourth-order valence-electron chi connectivity index (χ4n) is 3.74. The van der Waals surface area contributed by atoms with Crippen LogP contribution in [0.3, 0.4) is 0 Å². The van der Waals surface area contributed by atoms with Gasteiger partial charge in [-0.25, -0.2) is 0 Å². The van der Waals surface area contributed by atoms with Crippen molar-refractivity contribution >= 4 is 17.6 Å². The van der Waals surface area contributed by atoms with Gasteiger partial charge in [0.05, 0.1) is 6.04 Å². The molecule has 138 valence electrons. The van der Waals surface area contributed by atoms with Gasteiger partial charge < -0.3 is 13.9 Å². The van der Waals surface area contributed by atoms with Crippen molar-refractivity contribution < 1.29 is 13.9 Å². The summed E-state index contributed by atoms with van der Waals surface area (Å²) in [7, 11) is 0. The first-order valence-corrected chi connectivity index (χ1v) is 9.59. The summed E-state index contributed by atoms with van der Waals surface area (Å²) in [6.45, 7) is 1.46. The van der Waals surface area contributed by atoms with Gasteiger partial charge in [0.2, 0.25) is 12.1 Å². The molecule has 2 fully saturated rings. The first-order chi connectivity index (χ1) is 12.8. The SMILES string of the molecule is Clc1ccc2c(c1)OCC(Nc1nnc(C3CCCCN3C3CC3)o1)O2. The molecule has 3 heterocycles. The van der Waals surface area contributed by atoms with Crippen LogP contribution in [0.1, 0.15) is 44.0 Å². The lowest BCUT2D eigenvalue weighted by molar-refractivity contribution is 0.105. The molecule has 0 amide bonds. The number of piperidine rings is 1. The zero-order valence-electron chi connectivity index (χ0n) is 14.4. The van der Waals surface area contributed by atoms with Crippen LogP contribution in [0.4, 0.5) is 6.01 Å². The van der Waals surface area contributed by atoms with Gasteiger partial charge in [-0.3, -0.25) is 10.2 Å². The van der Waals surface area contributed by atoms with Crippen LogP contribution in [0.2, 0.25) is 5.02 Å². The van der Waals surface area contributed by atoms with E-state index in [9.17, 15) is 0 Å². The van der Waals surface area contributed by atoms with Crippen molar-refractivity contribution in [2.45, 2.75) is 50.4 Å². The summed E-state index contributed by atoms with van der Waals surface area (Å²) in [5.41, 5.74) is 0. The van der Waals surface area contributed by atoms with E-state index in [0.29, 0.717) is 41.1 Å². The summed E-state index contributed by atoms with van der Waals surface area (Å²) in [6.07, 6.45) is 5.72. The minimum Gasteiger partial charge on any atom is -0.484 e. The first-order valence-electron chi connectivity index (χ1n) is 9.21. The average molecular weight is 377 g/mol. The molecule has 2 atom stereocenters. The number of nitrogens with zero attached hydrogens (tertiary/aromatic N) is 3. The minimum atomic E-state index is -0.386. The number of ether oxygens (including phenoxy) is 2. The number of hydrogen-bond acceptors (Lipinski definition) is 7. The van der Waals surface area contributed by atoms with Gasteiger partial charge in [0.25, 0.3) is 0 Å². The second-order valence-corrected chi connectivity index (χ2v) is 7.52. The molecule has 26 heavy (non-hydrogen) atoms. The van der Waals surface area contributed by atoms with Crippen LogP contribution in [-0.4, -0.2) is 40.5 Å². The summed E-state index contributed by atoms with van der Waals surface area (Å²) in [5, 5.41) is 12.2. The van der Waals surface area contributed by atoms with Crippen LogP contribution < -0.4 is 14.8 Å². The molecule has 2 aliphatic heterocycles. The Bertz CT molecular complexity index is 794. The molecule has 0 radical (unpaired) electrons. The molecular formula is C18H21ClN4O3. The van der Waals surface area contributed by atoms with Crippen LogP contribution in [0.15, 0.2) is 22.6 Å². The van der Waals surface area contributed by atoms with Gasteiger partial charge in [0.1, 0.15) is 6.61 Å². The number of rotatable bonds is 4. The van der Waals surface area contributed by atoms with Crippen LogP contribution >= 0.6 is 11.6 Å². The molecule has 0 bridgehead atoms. The molecule has 1 aliphatic carbocycles. The maximum Gasteiger partial charge on any atom is 0.318 e. The number of likely N-dealkylation sites (tertiary alicyclic amines) is 1. The van der Waals surface area contributed by atoms with Gasteiger partial charge in [-0.1, -0.05) is 23.1 Å². The van der Waals surface area contributed by atoms with Crippen molar-refractivity contribution in [3.05, 3.63) is 29.1 Å². The Morgan fingerprint density at radius 2 is 2.04 bits per heavy atom. The van der Waals surface area contributed by atoms with E-state index in [2.05, 4.69) is 20.4 Å². The number of fused-ring (bicyclic) bond motifs is 1.